The molecule has 0 fully saturated rings. The number of rotatable bonds is 4. The van der Waals surface area contributed by atoms with Crippen molar-refractivity contribution in [3.63, 3.8) is 0 Å². The van der Waals surface area contributed by atoms with Gasteiger partial charge in [-0.15, -0.1) is 0 Å². The van der Waals surface area contributed by atoms with Gasteiger partial charge in [0.25, 0.3) is 5.91 Å². The zero-order valence-corrected chi connectivity index (χ0v) is 14.2. The molecular weight excluding hydrogens is 340 g/mol. The van der Waals surface area contributed by atoms with Crippen molar-refractivity contribution in [1.29, 1.82) is 0 Å². The number of sulfonamides is 1. The van der Waals surface area contributed by atoms with E-state index in [9.17, 15) is 13.2 Å². The Morgan fingerprint density at radius 1 is 1.04 bits per heavy atom. The second kappa shape index (κ2) is 6.50. The van der Waals surface area contributed by atoms with Crippen LogP contribution in [0.15, 0.2) is 65.7 Å². The Balaban J connectivity index is 1.74. The molecule has 128 valence electrons. The van der Waals surface area contributed by atoms with Crippen LogP contribution in [0, 0.1) is 6.92 Å². The largest absolute Gasteiger partial charge is 0.322 e. The number of carbonyl (C=O) groups excluding carboxylic acids is 1. The van der Waals surface area contributed by atoms with Crippen molar-refractivity contribution < 1.29 is 13.2 Å². The summed E-state index contributed by atoms with van der Waals surface area (Å²) < 4.78 is 24.2. The van der Waals surface area contributed by atoms with E-state index in [2.05, 4.69) is 10.4 Å². The quantitative estimate of drug-likeness (QED) is 0.746. The number of aromatic nitrogens is 2. The molecule has 25 heavy (non-hydrogen) atoms. The molecule has 1 heterocycles. The number of nitrogens with one attached hydrogen (secondary N) is 1. The predicted octanol–water partition coefficient (Wildman–Crippen LogP) is 2.08. The fourth-order valence-electron chi connectivity index (χ4n) is 2.33. The summed E-state index contributed by atoms with van der Waals surface area (Å²) in [5.74, 6) is -0.299. The number of benzene rings is 2. The smallest absolute Gasteiger partial charge is 0.255 e. The Labute approximate surface area is 145 Å². The van der Waals surface area contributed by atoms with Gasteiger partial charge in [0, 0.05) is 23.1 Å². The minimum Gasteiger partial charge on any atom is -0.322 e. The summed E-state index contributed by atoms with van der Waals surface area (Å²) in [7, 11) is -3.75. The highest BCUT2D eigenvalue weighted by Crippen LogP contribution is 2.15. The van der Waals surface area contributed by atoms with Gasteiger partial charge < -0.3 is 5.32 Å². The molecular formula is C17H16N4O3S. The molecule has 0 spiro atoms. The van der Waals surface area contributed by atoms with Gasteiger partial charge in [-0.1, -0.05) is 0 Å². The van der Waals surface area contributed by atoms with E-state index in [1.807, 2.05) is 13.0 Å². The van der Waals surface area contributed by atoms with E-state index in [-0.39, 0.29) is 10.8 Å². The van der Waals surface area contributed by atoms with Gasteiger partial charge in [0.2, 0.25) is 10.0 Å². The van der Waals surface area contributed by atoms with Crippen LogP contribution in [0.2, 0.25) is 0 Å². The summed E-state index contributed by atoms with van der Waals surface area (Å²) in [5.41, 5.74) is 2.80. The molecule has 2 aromatic carbocycles. The van der Waals surface area contributed by atoms with Gasteiger partial charge in [-0.25, -0.2) is 18.2 Å². The number of aryl methyl sites for hydroxylation is 1. The standard InChI is InChI=1S/C17H16N4O3S/c1-12-10-11-19-21(12)15-6-2-13(3-7-15)17(22)20-14-4-8-16(9-5-14)25(18,23)24/h2-11H,1H3,(H,20,22)(H2,18,23,24). The van der Waals surface area contributed by atoms with Crippen molar-refractivity contribution in [2.75, 3.05) is 5.32 Å². The first-order chi connectivity index (χ1) is 11.8. The lowest BCUT2D eigenvalue weighted by Crippen LogP contribution is -2.14. The highest BCUT2D eigenvalue weighted by atomic mass is 32.2. The molecule has 0 radical (unpaired) electrons. The van der Waals surface area contributed by atoms with Crippen molar-refractivity contribution in [2.45, 2.75) is 11.8 Å². The molecule has 8 heteroatoms. The van der Waals surface area contributed by atoms with E-state index in [4.69, 9.17) is 5.14 Å². The maximum absolute atomic E-state index is 12.3. The number of hydrogen-bond acceptors (Lipinski definition) is 4. The zero-order chi connectivity index (χ0) is 18.0. The molecule has 0 saturated carbocycles. The predicted molar refractivity (Wildman–Crippen MR) is 94.1 cm³/mol. The molecule has 3 N–H and O–H groups in total. The number of nitrogens with two attached hydrogens (primary N) is 1. The molecule has 0 atom stereocenters. The van der Waals surface area contributed by atoms with Gasteiger partial charge in [0.05, 0.1) is 10.6 Å². The normalized spacial score (nSPS) is 11.3. The van der Waals surface area contributed by atoms with Crippen LogP contribution < -0.4 is 10.5 Å². The first-order valence-corrected chi connectivity index (χ1v) is 8.94. The van der Waals surface area contributed by atoms with Crippen molar-refractivity contribution in [1.82, 2.24) is 9.78 Å². The molecule has 0 aliphatic rings. The second-order valence-electron chi connectivity index (χ2n) is 5.45. The summed E-state index contributed by atoms with van der Waals surface area (Å²) in [4.78, 5) is 12.3. The van der Waals surface area contributed by atoms with Gasteiger partial charge in [0.15, 0.2) is 0 Å². The number of nitrogens with zero attached hydrogens (tertiary/aromatic N) is 2. The van der Waals surface area contributed by atoms with Crippen LogP contribution in [-0.4, -0.2) is 24.1 Å². The average Bonchev–Trinajstić information content (AvgIpc) is 3.01. The van der Waals surface area contributed by atoms with E-state index in [0.717, 1.165) is 11.4 Å². The molecule has 0 aliphatic carbocycles. The SMILES string of the molecule is Cc1ccnn1-c1ccc(C(=O)Nc2ccc(S(N)(=O)=O)cc2)cc1. The van der Waals surface area contributed by atoms with Crippen LogP contribution in [0.1, 0.15) is 16.1 Å². The highest BCUT2D eigenvalue weighted by Gasteiger charge is 2.10. The van der Waals surface area contributed by atoms with Crippen LogP contribution >= 0.6 is 0 Å². The summed E-state index contributed by atoms with van der Waals surface area (Å²) in [6.45, 7) is 1.94. The van der Waals surface area contributed by atoms with Crippen LogP contribution in [0.5, 0.6) is 0 Å². The van der Waals surface area contributed by atoms with E-state index in [0.29, 0.717) is 11.3 Å². The number of amides is 1. The Bertz CT molecular complexity index is 1010. The molecule has 7 nitrogen and oxygen atoms in total. The minimum absolute atomic E-state index is 0.00977. The van der Waals surface area contributed by atoms with Gasteiger partial charge in [-0.05, 0) is 61.5 Å². The number of anilines is 1. The third-order valence-corrected chi connectivity index (χ3v) is 4.58. The zero-order valence-electron chi connectivity index (χ0n) is 13.4. The van der Waals surface area contributed by atoms with E-state index < -0.39 is 10.0 Å². The van der Waals surface area contributed by atoms with Crippen molar-refractivity contribution in [2.24, 2.45) is 5.14 Å². The Hall–Kier alpha value is -2.97. The van der Waals surface area contributed by atoms with Crippen molar-refractivity contribution in [3.8, 4) is 5.69 Å². The fraction of sp³-hybridized carbons (Fsp3) is 0.0588. The summed E-state index contributed by atoms with van der Waals surface area (Å²) in [6, 6.07) is 14.6. The lowest BCUT2D eigenvalue weighted by Gasteiger charge is -2.08. The van der Waals surface area contributed by atoms with Gasteiger partial charge in [0.1, 0.15) is 0 Å². The topological polar surface area (TPSA) is 107 Å². The minimum atomic E-state index is -3.75. The molecule has 1 aromatic heterocycles. The highest BCUT2D eigenvalue weighted by molar-refractivity contribution is 7.89. The third kappa shape index (κ3) is 3.76. The molecule has 1 amide bonds. The summed E-state index contributed by atoms with van der Waals surface area (Å²) >= 11 is 0. The average molecular weight is 356 g/mol. The van der Waals surface area contributed by atoms with Gasteiger partial charge in [-0.2, -0.15) is 5.10 Å². The molecule has 3 aromatic rings. The maximum Gasteiger partial charge on any atom is 0.255 e. The summed E-state index contributed by atoms with van der Waals surface area (Å²) in [5, 5.41) is 12.0. The number of hydrogen-bond donors (Lipinski definition) is 2. The molecule has 0 saturated heterocycles. The maximum atomic E-state index is 12.3. The monoisotopic (exact) mass is 356 g/mol. The van der Waals surface area contributed by atoms with Crippen LogP contribution in [-0.2, 0) is 10.0 Å². The van der Waals surface area contributed by atoms with Crippen molar-refractivity contribution >= 4 is 21.6 Å². The van der Waals surface area contributed by atoms with E-state index >= 15 is 0 Å². The molecule has 3 rings (SSSR count). The van der Waals surface area contributed by atoms with Crippen LogP contribution in [0.25, 0.3) is 5.69 Å². The van der Waals surface area contributed by atoms with Crippen LogP contribution in [0.3, 0.4) is 0 Å². The van der Waals surface area contributed by atoms with Crippen LogP contribution in [0.4, 0.5) is 5.69 Å². The Kier molecular flexibility index (Phi) is 4.39. The second-order valence-corrected chi connectivity index (χ2v) is 7.02. The Morgan fingerprint density at radius 2 is 1.68 bits per heavy atom. The summed E-state index contributed by atoms with van der Waals surface area (Å²) in [6.07, 6.45) is 1.71. The first kappa shape index (κ1) is 16.9. The van der Waals surface area contributed by atoms with E-state index in [1.165, 1.54) is 24.3 Å². The van der Waals surface area contributed by atoms with Gasteiger partial charge >= 0.3 is 0 Å². The molecule has 0 bridgehead atoms. The molecule has 0 aliphatic heterocycles. The molecule has 0 unspecified atom stereocenters. The lowest BCUT2D eigenvalue weighted by atomic mass is 10.2. The first-order valence-electron chi connectivity index (χ1n) is 7.40. The number of primary sulfonamides is 1. The fourth-order valence-corrected chi connectivity index (χ4v) is 2.84. The Morgan fingerprint density at radius 3 is 2.20 bits per heavy atom. The lowest BCUT2D eigenvalue weighted by molar-refractivity contribution is 0.102. The van der Waals surface area contributed by atoms with Gasteiger partial charge in [-0.3, -0.25) is 4.79 Å². The third-order valence-electron chi connectivity index (χ3n) is 3.65. The van der Waals surface area contributed by atoms with Crippen molar-refractivity contribution in [3.05, 3.63) is 72.1 Å². The van der Waals surface area contributed by atoms with E-state index in [1.54, 1.807) is 35.1 Å². The number of carbonyl (C=O) groups is 1.